The van der Waals surface area contributed by atoms with Crippen LogP contribution in [0.15, 0.2) is 95.5 Å². The zero-order valence-corrected chi connectivity index (χ0v) is 15.7. The van der Waals surface area contributed by atoms with Crippen molar-refractivity contribution < 1.29 is 0 Å². The zero-order valence-electron chi connectivity index (χ0n) is 12.5. The third-order valence-electron chi connectivity index (χ3n) is 3.75. The molecule has 2 heteroatoms. The molecule has 0 fully saturated rings. The lowest BCUT2D eigenvalue weighted by molar-refractivity contribution is 1.03. The molecule has 0 saturated carbocycles. The van der Waals surface area contributed by atoms with Crippen LogP contribution in [0.4, 0.5) is 0 Å². The van der Waals surface area contributed by atoms with Gasteiger partial charge in [-0.05, 0) is 28.8 Å². The van der Waals surface area contributed by atoms with Crippen LogP contribution in [0.2, 0.25) is 0 Å². The van der Waals surface area contributed by atoms with Crippen molar-refractivity contribution in [2.75, 3.05) is 0 Å². The summed E-state index contributed by atoms with van der Waals surface area (Å²) in [5, 5.41) is 0. The fourth-order valence-corrected chi connectivity index (χ4v) is 3.35. The Morgan fingerprint density at radius 3 is 1.65 bits per heavy atom. The smallest absolute Gasteiger partial charge is 0.0283 e. The Morgan fingerprint density at radius 2 is 1.17 bits per heavy atom. The summed E-state index contributed by atoms with van der Waals surface area (Å²) in [7, 11) is 0. The molecule has 0 amide bonds. The van der Waals surface area contributed by atoms with Crippen molar-refractivity contribution in [3.63, 3.8) is 0 Å². The molecule has 0 atom stereocenters. The minimum atomic E-state index is 0.218. The summed E-state index contributed by atoms with van der Waals surface area (Å²) in [5.74, 6) is 0.218. The molecular formula is C21H16Br2. The van der Waals surface area contributed by atoms with Gasteiger partial charge in [0.05, 0.1) is 0 Å². The van der Waals surface area contributed by atoms with E-state index in [2.05, 4.69) is 123 Å². The minimum Gasteiger partial charge on any atom is -0.0622 e. The first-order chi connectivity index (χ1) is 11.2. The van der Waals surface area contributed by atoms with E-state index in [1.165, 1.54) is 16.7 Å². The topological polar surface area (TPSA) is 0 Å². The molecule has 3 aromatic rings. The predicted octanol–water partition coefficient (Wildman–Crippen LogP) is 7.02. The van der Waals surface area contributed by atoms with Gasteiger partial charge in [0.2, 0.25) is 0 Å². The van der Waals surface area contributed by atoms with Crippen molar-refractivity contribution in [2.45, 2.75) is 5.92 Å². The zero-order chi connectivity index (χ0) is 16.1. The molecule has 0 N–H and O–H groups in total. The van der Waals surface area contributed by atoms with Crippen molar-refractivity contribution in [1.29, 1.82) is 0 Å². The molecular weight excluding hydrogens is 412 g/mol. The van der Waals surface area contributed by atoms with Crippen LogP contribution in [0, 0.1) is 0 Å². The second-order valence-electron chi connectivity index (χ2n) is 5.32. The van der Waals surface area contributed by atoms with Crippen LogP contribution in [0.5, 0.6) is 0 Å². The SMILES string of the molecule is BrC(=CC(c1ccccc1)c1ccccc1)c1ccc(Br)cc1. The predicted molar refractivity (Wildman–Crippen MR) is 106 cm³/mol. The molecule has 3 rings (SSSR count). The van der Waals surface area contributed by atoms with Gasteiger partial charge in [0.15, 0.2) is 0 Å². The summed E-state index contributed by atoms with van der Waals surface area (Å²) < 4.78 is 2.19. The Balaban J connectivity index is 2.02. The van der Waals surface area contributed by atoms with E-state index >= 15 is 0 Å². The Labute approximate surface area is 154 Å². The first kappa shape index (κ1) is 16.2. The second-order valence-corrected chi connectivity index (χ2v) is 7.09. The molecule has 0 aromatic heterocycles. The van der Waals surface area contributed by atoms with E-state index in [9.17, 15) is 0 Å². The van der Waals surface area contributed by atoms with E-state index in [4.69, 9.17) is 0 Å². The Bertz CT molecular complexity index is 736. The molecule has 0 aliphatic carbocycles. The maximum Gasteiger partial charge on any atom is 0.0283 e. The van der Waals surface area contributed by atoms with Gasteiger partial charge in [-0.3, -0.25) is 0 Å². The first-order valence-electron chi connectivity index (χ1n) is 7.47. The van der Waals surface area contributed by atoms with Crippen molar-refractivity contribution >= 4 is 36.3 Å². The Kier molecular flexibility index (Phi) is 5.47. The molecule has 0 nitrogen and oxygen atoms in total. The normalized spacial score (nSPS) is 11.7. The van der Waals surface area contributed by atoms with Crippen molar-refractivity contribution in [3.05, 3.63) is 112 Å². The van der Waals surface area contributed by atoms with Gasteiger partial charge in [0.1, 0.15) is 0 Å². The van der Waals surface area contributed by atoms with Gasteiger partial charge >= 0.3 is 0 Å². The van der Waals surface area contributed by atoms with E-state index in [0.29, 0.717) is 0 Å². The molecule has 0 aliphatic heterocycles. The monoisotopic (exact) mass is 426 g/mol. The first-order valence-corrected chi connectivity index (χ1v) is 9.06. The van der Waals surface area contributed by atoms with Crippen LogP contribution < -0.4 is 0 Å². The number of hydrogen-bond donors (Lipinski definition) is 0. The summed E-state index contributed by atoms with van der Waals surface area (Å²) in [6, 6.07) is 29.5. The molecule has 3 aromatic carbocycles. The number of allylic oxidation sites excluding steroid dienone is 1. The van der Waals surface area contributed by atoms with E-state index in [0.717, 1.165) is 8.96 Å². The van der Waals surface area contributed by atoms with Crippen molar-refractivity contribution in [2.24, 2.45) is 0 Å². The number of hydrogen-bond acceptors (Lipinski definition) is 0. The highest BCUT2D eigenvalue weighted by molar-refractivity contribution is 9.15. The van der Waals surface area contributed by atoms with Crippen LogP contribution >= 0.6 is 31.9 Å². The quantitative estimate of drug-likeness (QED) is 0.419. The third-order valence-corrected chi connectivity index (χ3v) is 5.00. The van der Waals surface area contributed by atoms with E-state index < -0.39 is 0 Å². The summed E-state index contributed by atoms with van der Waals surface area (Å²) in [6.45, 7) is 0. The Hall–Kier alpha value is -1.64. The van der Waals surface area contributed by atoms with Crippen LogP contribution in [0.3, 0.4) is 0 Å². The highest BCUT2D eigenvalue weighted by Crippen LogP contribution is 2.32. The van der Waals surface area contributed by atoms with Gasteiger partial charge in [0.25, 0.3) is 0 Å². The van der Waals surface area contributed by atoms with Crippen LogP contribution in [-0.2, 0) is 0 Å². The number of halogens is 2. The lowest BCUT2D eigenvalue weighted by atomic mass is 9.90. The summed E-state index contributed by atoms with van der Waals surface area (Å²) >= 11 is 7.24. The molecule has 0 bridgehead atoms. The highest BCUT2D eigenvalue weighted by Gasteiger charge is 2.12. The van der Waals surface area contributed by atoms with Crippen LogP contribution in [0.1, 0.15) is 22.6 Å². The van der Waals surface area contributed by atoms with E-state index in [1.807, 2.05) is 0 Å². The molecule has 0 heterocycles. The van der Waals surface area contributed by atoms with E-state index in [-0.39, 0.29) is 5.92 Å². The summed E-state index contributed by atoms with van der Waals surface area (Å²) in [4.78, 5) is 0. The van der Waals surface area contributed by atoms with Gasteiger partial charge < -0.3 is 0 Å². The van der Waals surface area contributed by atoms with Crippen LogP contribution in [-0.4, -0.2) is 0 Å². The summed E-state index contributed by atoms with van der Waals surface area (Å²) in [5.41, 5.74) is 3.74. The highest BCUT2D eigenvalue weighted by atomic mass is 79.9. The maximum absolute atomic E-state index is 3.75. The molecule has 114 valence electrons. The molecule has 0 radical (unpaired) electrons. The number of rotatable bonds is 4. The largest absolute Gasteiger partial charge is 0.0622 e. The standard InChI is InChI=1S/C21H16Br2/c22-19-13-11-18(12-14-19)21(23)15-20(16-7-3-1-4-8-16)17-9-5-2-6-10-17/h1-15,20H. The molecule has 0 spiro atoms. The molecule has 0 aliphatic rings. The average Bonchev–Trinajstić information content (AvgIpc) is 2.61. The number of benzene rings is 3. The van der Waals surface area contributed by atoms with Gasteiger partial charge in [-0.25, -0.2) is 0 Å². The van der Waals surface area contributed by atoms with Gasteiger partial charge in [-0.2, -0.15) is 0 Å². The van der Waals surface area contributed by atoms with Gasteiger partial charge in [-0.1, -0.05) is 111 Å². The fourth-order valence-electron chi connectivity index (χ4n) is 2.56. The average molecular weight is 428 g/mol. The van der Waals surface area contributed by atoms with Gasteiger partial charge in [0, 0.05) is 14.9 Å². The summed E-state index contributed by atoms with van der Waals surface area (Å²) in [6.07, 6.45) is 2.27. The Morgan fingerprint density at radius 1 is 0.696 bits per heavy atom. The van der Waals surface area contributed by atoms with E-state index in [1.54, 1.807) is 0 Å². The fraction of sp³-hybridized carbons (Fsp3) is 0.0476. The van der Waals surface area contributed by atoms with Crippen molar-refractivity contribution in [1.82, 2.24) is 0 Å². The maximum atomic E-state index is 3.75. The molecule has 0 saturated heterocycles. The molecule has 23 heavy (non-hydrogen) atoms. The second kappa shape index (κ2) is 7.76. The van der Waals surface area contributed by atoms with Gasteiger partial charge in [-0.15, -0.1) is 0 Å². The van der Waals surface area contributed by atoms with Crippen LogP contribution in [0.25, 0.3) is 4.48 Å². The third kappa shape index (κ3) is 4.21. The minimum absolute atomic E-state index is 0.218. The van der Waals surface area contributed by atoms with Crippen molar-refractivity contribution in [3.8, 4) is 0 Å². The molecule has 0 unspecified atom stereocenters. The lowest BCUT2D eigenvalue weighted by Gasteiger charge is -2.15. The lowest BCUT2D eigenvalue weighted by Crippen LogP contribution is -1.98.